The molecule has 0 spiro atoms. The molecule has 1 fully saturated rings. The highest BCUT2D eigenvalue weighted by atomic mass is 16.5. The molecule has 4 heteroatoms. The molecule has 132 valence electrons. The summed E-state index contributed by atoms with van der Waals surface area (Å²) in [5.41, 5.74) is 2.51. The predicted octanol–water partition coefficient (Wildman–Crippen LogP) is 3.83. The molecule has 0 unspecified atom stereocenters. The van der Waals surface area contributed by atoms with Gasteiger partial charge in [0.2, 0.25) is 0 Å². The van der Waals surface area contributed by atoms with Crippen molar-refractivity contribution >= 4 is 6.03 Å². The Kier molecular flexibility index (Phi) is 5.94. The molecule has 3 rings (SSSR count). The fourth-order valence-corrected chi connectivity index (χ4v) is 3.47. The number of nitrogens with zero attached hydrogens (tertiary/aromatic N) is 1. The lowest BCUT2D eigenvalue weighted by Gasteiger charge is -2.32. The number of methoxy groups -OCH3 is 1. The second-order valence-electron chi connectivity index (χ2n) is 6.47. The molecule has 1 heterocycles. The van der Waals surface area contributed by atoms with Crippen LogP contribution >= 0.6 is 0 Å². The van der Waals surface area contributed by atoms with Crippen molar-refractivity contribution in [2.75, 3.05) is 26.7 Å². The Morgan fingerprint density at radius 2 is 1.76 bits per heavy atom. The maximum absolute atomic E-state index is 12.3. The fraction of sp³-hybridized carbons (Fsp3) is 0.381. The Morgan fingerprint density at radius 1 is 1.08 bits per heavy atom. The number of rotatable bonds is 5. The number of amides is 2. The predicted molar refractivity (Wildman–Crippen MR) is 100 cm³/mol. The SMILES string of the molecule is COc1ccccc1C1CCN(C(=O)NCCc2ccccc2)CC1. The molecule has 1 aliphatic heterocycles. The molecular formula is C21H26N2O2. The lowest BCUT2D eigenvalue weighted by Crippen LogP contribution is -2.44. The van der Waals surface area contributed by atoms with Gasteiger partial charge in [0.15, 0.2) is 0 Å². The van der Waals surface area contributed by atoms with Gasteiger partial charge in [-0.3, -0.25) is 0 Å². The number of piperidine rings is 1. The number of benzene rings is 2. The van der Waals surface area contributed by atoms with Crippen LogP contribution in [-0.4, -0.2) is 37.7 Å². The van der Waals surface area contributed by atoms with E-state index in [1.165, 1.54) is 11.1 Å². The van der Waals surface area contributed by atoms with E-state index in [0.717, 1.165) is 38.1 Å². The standard InChI is InChI=1S/C21H26N2O2/c1-25-20-10-6-5-9-19(20)18-12-15-23(16-13-18)21(24)22-14-11-17-7-3-2-4-8-17/h2-10,18H,11-16H2,1H3,(H,22,24). The van der Waals surface area contributed by atoms with Gasteiger partial charge in [-0.25, -0.2) is 4.79 Å². The minimum Gasteiger partial charge on any atom is -0.496 e. The van der Waals surface area contributed by atoms with E-state index in [1.807, 2.05) is 35.2 Å². The van der Waals surface area contributed by atoms with E-state index in [4.69, 9.17) is 4.74 Å². The van der Waals surface area contributed by atoms with Crippen LogP contribution in [0.3, 0.4) is 0 Å². The zero-order chi connectivity index (χ0) is 17.5. The Balaban J connectivity index is 1.46. The molecule has 0 aliphatic carbocycles. The van der Waals surface area contributed by atoms with Gasteiger partial charge in [0.1, 0.15) is 5.75 Å². The highest BCUT2D eigenvalue weighted by molar-refractivity contribution is 5.74. The summed E-state index contributed by atoms with van der Waals surface area (Å²) in [6.07, 6.45) is 2.82. The second-order valence-corrected chi connectivity index (χ2v) is 6.47. The quantitative estimate of drug-likeness (QED) is 0.900. The number of ether oxygens (including phenoxy) is 1. The summed E-state index contributed by atoms with van der Waals surface area (Å²) in [5.74, 6) is 1.41. The molecule has 0 bridgehead atoms. The van der Waals surface area contributed by atoms with Crippen LogP contribution in [0.1, 0.15) is 29.9 Å². The largest absolute Gasteiger partial charge is 0.496 e. The highest BCUT2D eigenvalue weighted by Crippen LogP contribution is 2.33. The van der Waals surface area contributed by atoms with Crippen molar-refractivity contribution in [1.82, 2.24) is 10.2 Å². The first kappa shape index (κ1) is 17.3. The zero-order valence-electron chi connectivity index (χ0n) is 14.8. The molecule has 0 atom stereocenters. The van der Waals surface area contributed by atoms with Gasteiger partial charge in [-0.1, -0.05) is 48.5 Å². The van der Waals surface area contributed by atoms with Crippen molar-refractivity contribution in [2.45, 2.75) is 25.2 Å². The molecular weight excluding hydrogens is 312 g/mol. The van der Waals surface area contributed by atoms with Crippen LogP contribution in [0.5, 0.6) is 5.75 Å². The van der Waals surface area contributed by atoms with Crippen molar-refractivity contribution < 1.29 is 9.53 Å². The van der Waals surface area contributed by atoms with Crippen molar-refractivity contribution in [3.8, 4) is 5.75 Å². The number of hydrogen-bond acceptors (Lipinski definition) is 2. The summed E-state index contributed by atoms with van der Waals surface area (Å²) in [6.45, 7) is 2.26. The van der Waals surface area contributed by atoms with Gasteiger partial charge in [0, 0.05) is 19.6 Å². The maximum atomic E-state index is 12.3. The molecule has 0 radical (unpaired) electrons. The van der Waals surface area contributed by atoms with E-state index < -0.39 is 0 Å². The normalized spacial score (nSPS) is 15.0. The number of likely N-dealkylation sites (tertiary alicyclic amines) is 1. The van der Waals surface area contributed by atoms with Crippen LogP contribution in [0.15, 0.2) is 54.6 Å². The van der Waals surface area contributed by atoms with Crippen molar-refractivity contribution in [3.63, 3.8) is 0 Å². The molecule has 0 saturated carbocycles. The molecule has 1 N–H and O–H groups in total. The molecule has 25 heavy (non-hydrogen) atoms. The van der Waals surface area contributed by atoms with E-state index in [0.29, 0.717) is 12.5 Å². The fourth-order valence-electron chi connectivity index (χ4n) is 3.47. The van der Waals surface area contributed by atoms with Crippen LogP contribution in [0.2, 0.25) is 0 Å². The molecule has 0 aromatic heterocycles. The van der Waals surface area contributed by atoms with Gasteiger partial charge < -0.3 is 15.0 Å². The first-order valence-electron chi connectivity index (χ1n) is 8.97. The van der Waals surface area contributed by atoms with Gasteiger partial charge in [-0.05, 0) is 42.4 Å². The van der Waals surface area contributed by atoms with Crippen LogP contribution < -0.4 is 10.1 Å². The van der Waals surface area contributed by atoms with Crippen molar-refractivity contribution in [1.29, 1.82) is 0 Å². The zero-order valence-corrected chi connectivity index (χ0v) is 14.8. The number of nitrogens with one attached hydrogen (secondary N) is 1. The van der Waals surface area contributed by atoms with E-state index in [-0.39, 0.29) is 6.03 Å². The monoisotopic (exact) mass is 338 g/mol. The minimum absolute atomic E-state index is 0.0504. The number of carbonyl (C=O) groups excluding carboxylic acids is 1. The summed E-state index contributed by atoms with van der Waals surface area (Å²) >= 11 is 0. The highest BCUT2D eigenvalue weighted by Gasteiger charge is 2.25. The Hall–Kier alpha value is -2.49. The van der Waals surface area contributed by atoms with Gasteiger partial charge >= 0.3 is 6.03 Å². The Labute approximate surface area is 149 Å². The first-order valence-corrected chi connectivity index (χ1v) is 8.97. The van der Waals surface area contributed by atoms with Crippen molar-refractivity contribution in [3.05, 3.63) is 65.7 Å². The van der Waals surface area contributed by atoms with Crippen LogP contribution in [-0.2, 0) is 6.42 Å². The van der Waals surface area contributed by atoms with Gasteiger partial charge in [0.25, 0.3) is 0 Å². The summed E-state index contributed by atoms with van der Waals surface area (Å²) in [5, 5.41) is 3.04. The summed E-state index contributed by atoms with van der Waals surface area (Å²) in [6, 6.07) is 18.5. The average molecular weight is 338 g/mol. The Morgan fingerprint density at radius 3 is 2.48 bits per heavy atom. The van der Waals surface area contributed by atoms with E-state index in [2.05, 4.69) is 29.6 Å². The second kappa shape index (κ2) is 8.56. The Bertz CT molecular complexity index is 679. The molecule has 2 aromatic carbocycles. The molecule has 2 amide bonds. The third kappa shape index (κ3) is 4.53. The topological polar surface area (TPSA) is 41.6 Å². The lowest BCUT2D eigenvalue weighted by atomic mass is 9.89. The van der Waals surface area contributed by atoms with Gasteiger partial charge in [-0.2, -0.15) is 0 Å². The van der Waals surface area contributed by atoms with Gasteiger partial charge in [0.05, 0.1) is 7.11 Å². The van der Waals surface area contributed by atoms with E-state index >= 15 is 0 Å². The molecule has 1 saturated heterocycles. The average Bonchev–Trinajstić information content (AvgIpc) is 2.69. The third-order valence-corrected chi connectivity index (χ3v) is 4.89. The smallest absolute Gasteiger partial charge is 0.317 e. The first-order chi connectivity index (χ1) is 12.3. The summed E-state index contributed by atoms with van der Waals surface area (Å²) < 4.78 is 5.48. The van der Waals surface area contributed by atoms with Crippen LogP contribution in [0.4, 0.5) is 4.79 Å². The number of carbonyl (C=O) groups is 1. The maximum Gasteiger partial charge on any atom is 0.317 e. The van der Waals surface area contributed by atoms with E-state index in [1.54, 1.807) is 7.11 Å². The summed E-state index contributed by atoms with van der Waals surface area (Å²) in [7, 11) is 1.72. The summed E-state index contributed by atoms with van der Waals surface area (Å²) in [4.78, 5) is 14.3. The lowest BCUT2D eigenvalue weighted by molar-refractivity contribution is 0.181. The number of urea groups is 1. The molecule has 1 aliphatic rings. The van der Waals surface area contributed by atoms with Crippen LogP contribution in [0.25, 0.3) is 0 Å². The third-order valence-electron chi connectivity index (χ3n) is 4.89. The molecule has 2 aromatic rings. The number of hydrogen-bond donors (Lipinski definition) is 1. The van der Waals surface area contributed by atoms with E-state index in [9.17, 15) is 4.79 Å². The van der Waals surface area contributed by atoms with Crippen molar-refractivity contribution in [2.24, 2.45) is 0 Å². The minimum atomic E-state index is 0.0504. The molecule has 4 nitrogen and oxygen atoms in total. The van der Waals surface area contributed by atoms with Crippen LogP contribution in [0, 0.1) is 0 Å². The number of para-hydroxylation sites is 1. The van der Waals surface area contributed by atoms with Gasteiger partial charge in [-0.15, -0.1) is 0 Å².